The summed E-state index contributed by atoms with van der Waals surface area (Å²) >= 11 is 0. The summed E-state index contributed by atoms with van der Waals surface area (Å²) in [6, 6.07) is 3.29. The molecule has 1 aliphatic rings. The molecule has 1 fully saturated rings. The molecule has 1 aliphatic heterocycles. The number of hydrogen-bond acceptors (Lipinski definition) is 6. The molecule has 0 aliphatic carbocycles. The van der Waals surface area contributed by atoms with Gasteiger partial charge in [0.15, 0.2) is 0 Å². The zero-order valence-corrected chi connectivity index (χ0v) is 15.9. The highest BCUT2D eigenvalue weighted by Gasteiger charge is 2.28. The van der Waals surface area contributed by atoms with Crippen LogP contribution in [0.4, 0.5) is 0 Å². The summed E-state index contributed by atoms with van der Waals surface area (Å²) in [4.78, 5) is 12.3. The largest absolute Gasteiger partial charge is 0.496 e. The molecule has 1 saturated heterocycles. The fraction of sp³-hybridized carbons (Fsp3) is 0.588. The summed E-state index contributed by atoms with van der Waals surface area (Å²) in [7, 11) is 4.79. The lowest BCUT2D eigenvalue weighted by molar-refractivity contribution is -0.128. The normalized spacial score (nSPS) is 19.5. The Labute approximate surface area is 154 Å². The van der Waals surface area contributed by atoms with Gasteiger partial charge in [0, 0.05) is 30.8 Å². The Balaban J connectivity index is 0.00000312. The van der Waals surface area contributed by atoms with Gasteiger partial charge >= 0.3 is 0 Å². The van der Waals surface area contributed by atoms with Crippen molar-refractivity contribution in [3.8, 4) is 17.2 Å². The molecule has 25 heavy (non-hydrogen) atoms. The highest BCUT2D eigenvalue weighted by molar-refractivity contribution is 5.85. The molecule has 0 bridgehead atoms. The SMILES string of the molecule is COc1cc(OC)c(CCNC(=O)[C@H]2NCCO[C@@H]2C)c(OC)c1.Cl. The van der Waals surface area contributed by atoms with Crippen LogP contribution in [-0.4, -0.2) is 59.1 Å². The van der Waals surface area contributed by atoms with E-state index in [0.29, 0.717) is 43.4 Å². The number of halogens is 1. The average Bonchev–Trinajstić information content (AvgIpc) is 2.61. The standard InChI is InChI=1S/C17H26N2O5.ClH/c1-11-16(18-7-8-24-11)17(20)19-6-5-13-14(22-3)9-12(21-2)10-15(13)23-4;/h9-11,16,18H,5-8H2,1-4H3,(H,19,20);1H/t11-,16+;/m1./s1. The zero-order chi connectivity index (χ0) is 17.5. The van der Waals surface area contributed by atoms with E-state index < -0.39 is 0 Å². The second kappa shape index (κ2) is 10.3. The molecule has 7 nitrogen and oxygen atoms in total. The van der Waals surface area contributed by atoms with E-state index in [-0.39, 0.29) is 30.5 Å². The van der Waals surface area contributed by atoms with Gasteiger partial charge in [-0.05, 0) is 13.3 Å². The first-order valence-electron chi connectivity index (χ1n) is 8.02. The Morgan fingerprint density at radius 3 is 2.40 bits per heavy atom. The van der Waals surface area contributed by atoms with Crippen molar-refractivity contribution in [2.45, 2.75) is 25.5 Å². The number of morpholine rings is 1. The second-order valence-electron chi connectivity index (χ2n) is 5.56. The lowest BCUT2D eigenvalue weighted by atomic mass is 10.1. The summed E-state index contributed by atoms with van der Waals surface area (Å²) < 4.78 is 21.6. The third-order valence-electron chi connectivity index (χ3n) is 4.09. The maximum atomic E-state index is 12.3. The third-order valence-corrected chi connectivity index (χ3v) is 4.09. The van der Waals surface area contributed by atoms with E-state index in [1.807, 2.05) is 6.92 Å². The van der Waals surface area contributed by atoms with Crippen LogP contribution in [0.5, 0.6) is 17.2 Å². The van der Waals surface area contributed by atoms with Gasteiger partial charge in [-0.15, -0.1) is 12.4 Å². The molecule has 142 valence electrons. The molecule has 8 heteroatoms. The van der Waals surface area contributed by atoms with Crippen LogP contribution in [0, 0.1) is 0 Å². The molecule has 0 aromatic heterocycles. The van der Waals surface area contributed by atoms with Gasteiger partial charge in [0.05, 0.1) is 34.0 Å². The molecule has 0 unspecified atom stereocenters. The maximum absolute atomic E-state index is 12.3. The Bertz CT molecular complexity index is 545. The molecule has 1 aromatic carbocycles. The fourth-order valence-corrected chi connectivity index (χ4v) is 2.77. The highest BCUT2D eigenvalue weighted by atomic mass is 35.5. The molecule has 2 atom stereocenters. The topological polar surface area (TPSA) is 78.1 Å². The van der Waals surface area contributed by atoms with Crippen molar-refractivity contribution >= 4 is 18.3 Å². The quantitative estimate of drug-likeness (QED) is 0.746. The minimum atomic E-state index is -0.321. The molecular formula is C17H27ClN2O5. The van der Waals surface area contributed by atoms with E-state index in [2.05, 4.69) is 10.6 Å². The van der Waals surface area contributed by atoms with Crippen LogP contribution in [0.25, 0.3) is 0 Å². The van der Waals surface area contributed by atoms with E-state index in [1.165, 1.54) is 0 Å². The van der Waals surface area contributed by atoms with Gasteiger partial charge in [0.1, 0.15) is 23.3 Å². The Morgan fingerprint density at radius 1 is 1.24 bits per heavy atom. The van der Waals surface area contributed by atoms with E-state index in [0.717, 1.165) is 5.56 Å². The highest BCUT2D eigenvalue weighted by Crippen LogP contribution is 2.34. The van der Waals surface area contributed by atoms with E-state index in [9.17, 15) is 4.79 Å². The first-order chi connectivity index (χ1) is 11.6. The smallest absolute Gasteiger partial charge is 0.239 e. The maximum Gasteiger partial charge on any atom is 0.239 e. The summed E-state index contributed by atoms with van der Waals surface area (Å²) in [6.07, 6.45) is 0.452. The molecule has 2 N–H and O–H groups in total. The van der Waals surface area contributed by atoms with Crippen LogP contribution >= 0.6 is 12.4 Å². The van der Waals surface area contributed by atoms with Crippen molar-refractivity contribution in [2.75, 3.05) is 41.0 Å². The van der Waals surface area contributed by atoms with Gasteiger partial charge in [0.25, 0.3) is 0 Å². The van der Waals surface area contributed by atoms with Crippen LogP contribution in [0.15, 0.2) is 12.1 Å². The number of hydrogen-bond donors (Lipinski definition) is 2. The average molecular weight is 375 g/mol. The summed E-state index contributed by atoms with van der Waals surface area (Å²) in [5, 5.41) is 6.11. The van der Waals surface area contributed by atoms with Gasteiger partial charge in [0.2, 0.25) is 5.91 Å². The number of nitrogens with one attached hydrogen (secondary N) is 2. The number of methoxy groups -OCH3 is 3. The fourth-order valence-electron chi connectivity index (χ4n) is 2.77. The van der Waals surface area contributed by atoms with Gasteiger partial charge in [-0.1, -0.05) is 0 Å². The van der Waals surface area contributed by atoms with Crippen LogP contribution in [0.2, 0.25) is 0 Å². The Kier molecular flexibility index (Phi) is 8.82. The van der Waals surface area contributed by atoms with Gasteiger partial charge in [-0.2, -0.15) is 0 Å². The summed E-state index contributed by atoms with van der Waals surface area (Å²) in [6.45, 7) is 3.68. The first-order valence-corrected chi connectivity index (χ1v) is 8.02. The van der Waals surface area contributed by atoms with Crippen LogP contribution in [-0.2, 0) is 16.0 Å². The molecule has 2 rings (SSSR count). The molecule has 0 radical (unpaired) electrons. The lowest BCUT2D eigenvalue weighted by Crippen LogP contribution is -2.55. The van der Waals surface area contributed by atoms with Crippen molar-refractivity contribution in [3.05, 3.63) is 17.7 Å². The molecule has 0 saturated carbocycles. The molecule has 1 aromatic rings. The first kappa shape index (κ1) is 21.3. The van der Waals surface area contributed by atoms with E-state index in [1.54, 1.807) is 33.5 Å². The third kappa shape index (κ3) is 5.39. The van der Waals surface area contributed by atoms with Gasteiger partial charge < -0.3 is 29.6 Å². The zero-order valence-electron chi connectivity index (χ0n) is 15.1. The molecule has 1 amide bonds. The van der Waals surface area contributed by atoms with Crippen molar-refractivity contribution in [2.24, 2.45) is 0 Å². The predicted octanol–water partition coefficient (Wildman–Crippen LogP) is 1.17. The number of ether oxygens (including phenoxy) is 4. The van der Waals surface area contributed by atoms with Crippen molar-refractivity contribution in [1.82, 2.24) is 10.6 Å². The number of carbonyl (C=O) groups is 1. The van der Waals surface area contributed by atoms with E-state index >= 15 is 0 Å². The minimum Gasteiger partial charge on any atom is -0.496 e. The Hall–Kier alpha value is -1.70. The monoisotopic (exact) mass is 374 g/mol. The van der Waals surface area contributed by atoms with Crippen LogP contribution < -0.4 is 24.8 Å². The second-order valence-corrected chi connectivity index (χ2v) is 5.56. The van der Waals surface area contributed by atoms with Gasteiger partial charge in [-0.3, -0.25) is 4.79 Å². The lowest BCUT2D eigenvalue weighted by Gasteiger charge is -2.29. The summed E-state index contributed by atoms with van der Waals surface area (Å²) in [5.74, 6) is 1.95. The predicted molar refractivity (Wildman–Crippen MR) is 97.3 cm³/mol. The molecule has 1 heterocycles. The number of carbonyl (C=O) groups excluding carboxylic acids is 1. The number of rotatable bonds is 7. The van der Waals surface area contributed by atoms with Crippen LogP contribution in [0.1, 0.15) is 12.5 Å². The van der Waals surface area contributed by atoms with Crippen molar-refractivity contribution in [3.63, 3.8) is 0 Å². The van der Waals surface area contributed by atoms with E-state index in [4.69, 9.17) is 18.9 Å². The summed E-state index contributed by atoms with van der Waals surface area (Å²) in [5.41, 5.74) is 0.891. The number of amides is 1. The number of benzene rings is 1. The Morgan fingerprint density at radius 2 is 1.88 bits per heavy atom. The van der Waals surface area contributed by atoms with Crippen molar-refractivity contribution in [1.29, 1.82) is 0 Å². The van der Waals surface area contributed by atoms with Crippen LogP contribution in [0.3, 0.4) is 0 Å². The minimum absolute atomic E-state index is 0. The molecular weight excluding hydrogens is 348 g/mol. The van der Waals surface area contributed by atoms with Gasteiger partial charge in [-0.25, -0.2) is 0 Å². The van der Waals surface area contributed by atoms with Crippen molar-refractivity contribution < 1.29 is 23.7 Å². The molecule has 0 spiro atoms.